The summed E-state index contributed by atoms with van der Waals surface area (Å²) in [4.78, 5) is 15.6. The number of furan rings is 1. The van der Waals surface area contributed by atoms with Crippen LogP contribution in [0.25, 0.3) is 122 Å². The molecule has 0 unspecified atom stereocenters. The van der Waals surface area contributed by atoms with E-state index >= 15 is 0 Å². The van der Waals surface area contributed by atoms with Crippen molar-refractivity contribution in [1.82, 2.24) is 24.1 Å². The maximum atomic E-state index is 6.34. The van der Waals surface area contributed by atoms with E-state index in [0.717, 1.165) is 83.2 Å². The Bertz CT molecular complexity index is 3860. The van der Waals surface area contributed by atoms with E-state index in [1.807, 2.05) is 54.6 Å². The zero-order valence-corrected chi connectivity index (χ0v) is 33.9. The molecule has 13 rings (SSSR count). The second kappa shape index (κ2) is 14.0. The number of rotatable bonds is 6. The third kappa shape index (κ3) is 5.62. The molecule has 0 spiro atoms. The summed E-state index contributed by atoms with van der Waals surface area (Å²) >= 11 is 0. The maximum Gasteiger partial charge on any atom is 0.164 e. The van der Waals surface area contributed by atoms with Gasteiger partial charge in [-0.1, -0.05) is 152 Å². The average Bonchev–Trinajstić information content (AvgIpc) is 4.02. The SMILES string of the molecule is c1ccc(-c2cc(-c3nc(-c4ccccc4)nc(-c4ccc5c(c4)oc4ccccc45)n3)cc(-n3c4ccccc4c4cccc(-n5c6ccccc6c6ccccc65)c43)c2)cc1. The summed E-state index contributed by atoms with van der Waals surface area (Å²) in [6.07, 6.45) is 0. The molecule has 0 bridgehead atoms. The predicted octanol–water partition coefficient (Wildman–Crippen LogP) is 14.6. The van der Waals surface area contributed by atoms with E-state index in [9.17, 15) is 0 Å². The summed E-state index contributed by atoms with van der Waals surface area (Å²) in [6.45, 7) is 0. The van der Waals surface area contributed by atoms with Gasteiger partial charge in [0.1, 0.15) is 11.2 Å². The number of benzene rings is 9. The summed E-state index contributed by atoms with van der Waals surface area (Å²) in [7, 11) is 0. The molecule has 0 saturated carbocycles. The first-order valence-corrected chi connectivity index (χ1v) is 21.2. The molecule has 4 heterocycles. The lowest BCUT2D eigenvalue weighted by molar-refractivity contribution is 0.669. The molecule has 0 N–H and O–H groups in total. The number of hydrogen-bond donors (Lipinski definition) is 0. The Morgan fingerprint density at radius 1 is 0.302 bits per heavy atom. The predicted molar refractivity (Wildman–Crippen MR) is 258 cm³/mol. The van der Waals surface area contributed by atoms with Crippen LogP contribution in [0.2, 0.25) is 0 Å². The van der Waals surface area contributed by atoms with Crippen molar-refractivity contribution >= 4 is 65.6 Å². The lowest BCUT2D eigenvalue weighted by Gasteiger charge is -2.17. The van der Waals surface area contributed by atoms with Gasteiger partial charge in [0.25, 0.3) is 0 Å². The van der Waals surface area contributed by atoms with Crippen LogP contribution in [0, 0.1) is 0 Å². The molecular formula is C57H35N5O. The molecule has 0 saturated heterocycles. The molecule has 6 nitrogen and oxygen atoms in total. The highest BCUT2D eigenvalue weighted by molar-refractivity contribution is 6.15. The highest BCUT2D eigenvalue weighted by Crippen LogP contribution is 2.41. The fourth-order valence-corrected chi connectivity index (χ4v) is 9.51. The highest BCUT2D eigenvalue weighted by Gasteiger charge is 2.22. The number of aromatic nitrogens is 5. The molecule has 0 fully saturated rings. The molecule has 4 aromatic heterocycles. The molecule has 0 amide bonds. The standard InChI is InChI=1S/C57H35N5O/c1-3-16-36(17-4-1)39-32-40(57-59-55(37-18-5-2-6-19-37)58-56(60-57)38-30-31-46-45-23-10-14-29-52(45)63-53(46)35-38)34-41(33-39)61-48-25-11-9-22-44(48)47-24-15-28-51(54(47)61)62-49-26-12-7-20-42(49)43-21-8-13-27-50(43)62/h1-35H. The van der Waals surface area contributed by atoms with Crippen LogP contribution < -0.4 is 0 Å². The Hall–Kier alpha value is -8.61. The minimum absolute atomic E-state index is 0.568. The highest BCUT2D eigenvalue weighted by atomic mass is 16.3. The number of fused-ring (bicyclic) bond motifs is 9. The molecular weight excluding hydrogens is 771 g/mol. The molecule has 0 aliphatic heterocycles. The van der Waals surface area contributed by atoms with Crippen LogP contribution >= 0.6 is 0 Å². The van der Waals surface area contributed by atoms with Crippen LogP contribution in [0.3, 0.4) is 0 Å². The monoisotopic (exact) mass is 805 g/mol. The Morgan fingerprint density at radius 2 is 0.810 bits per heavy atom. The Kier molecular flexibility index (Phi) is 7.80. The summed E-state index contributed by atoms with van der Waals surface area (Å²) < 4.78 is 11.2. The number of hydrogen-bond acceptors (Lipinski definition) is 4. The van der Waals surface area contributed by atoms with Crippen molar-refractivity contribution in [2.24, 2.45) is 0 Å². The van der Waals surface area contributed by atoms with Crippen molar-refractivity contribution < 1.29 is 4.42 Å². The first-order chi connectivity index (χ1) is 31.2. The van der Waals surface area contributed by atoms with Gasteiger partial charge >= 0.3 is 0 Å². The lowest BCUT2D eigenvalue weighted by Crippen LogP contribution is -2.03. The van der Waals surface area contributed by atoms with Crippen LogP contribution in [0.1, 0.15) is 0 Å². The van der Waals surface area contributed by atoms with Crippen molar-refractivity contribution in [3.63, 3.8) is 0 Å². The van der Waals surface area contributed by atoms with Gasteiger partial charge in [-0.2, -0.15) is 0 Å². The summed E-state index contributed by atoms with van der Waals surface area (Å²) in [5.74, 6) is 1.74. The van der Waals surface area contributed by atoms with Crippen molar-refractivity contribution in [1.29, 1.82) is 0 Å². The Balaban J connectivity index is 1.09. The second-order valence-corrected chi connectivity index (χ2v) is 16.0. The molecule has 294 valence electrons. The molecule has 0 atom stereocenters. The zero-order valence-electron chi connectivity index (χ0n) is 33.9. The van der Waals surface area contributed by atoms with E-state index in [2.05, 4.69) is 167 Å². The molecule has 0 aliphatic rings. The molecule has 9 aromatic carbocycles. The molecule has 63 heavy (non-hydrogen) atoms. The van der Waals surface area contributed by atoms with Crippen LogP contribution in [-0.2, 0) is 0 Å². The summed E-state index contributed by atoms with van der Waals surface area (Å²) in [6, 6.07) is 74.6. The van der Waals surface area contributed by atoms with Crippen LogP contribution in [0.4, 0.5) is 0 Å². The lowest BCUT2D eigenvalue weighted by atomic mass is 10.0. The van der Waals surface area contributed by atoms with Gasteiger partial charge in [0.15, 0.2) is 17.5 Å². The van der Waals surface area contributed by atoms with Gasteiger partial charge in [-0.25, -0.2) is 15.0 Å². The third-order valence-electron chi connectivity index (χ3n) is 12.3. The van der Waals surface area contributed by atoms with Crippen LogP contribution in [0.5, 0.6) is 0 Å². The average molecular weight is 806 g/mol. The van der Waals surface area contributed by atoms with E-state index in [0.29, 0.717) is 17.5 Å². The van der Waals surface area contributed by atoms with Gasteiger partial charge in [-0.05, 0) is 71.8 Å². The summed E-state index contributed by atoms with van der Waals surface area (Å²) in [5.41, 5.74) is 13.1. The van der Waals surface area contributed by atoms with Crippen molar-refractivity contribution in [3.05, 3.63) is 212 Å². The normalized spacial score (nSPS) is 11.8. The minimum Gasteiger partial charge on any atom is -0.456 e. The van der Waals surface area contributed by atoms with Crippen molar-refractivity contribution in [2.45, 2.75) is 0 Å². The van der Waals surface area contributed by atoms with Gasteiger partial charge in [0.2, 0.25) is 0 Å². The van der Waals surface area contributed by atoms with Gasteiger partial charge in [0.05, 0.1) is 27.8 Å². The largest absolute Gasteiger partial charge is 0.456 e. The smallest absolute Gasteiger partial charge is 0.164 e. The zero-order chi connectivity index (χ0) is 41.4. The van der Waals surface area contributed by atoms with Gasteiger partial charge in [-0.15, -0.1) is 0 Å². The maximum absolute atomic E-state index is 6.34. The second-order valence-electron chi connectivity index (χ2n) is 16.0. The first-order valence-electron chi connectivity index (χ1n) is 21.2. The van der Waals surface area contributed by atoms with Gasteiger partial charge in [0, 0.05) is 54.7 Å². The molecule has 0 aliphatic carbocycles. The van der Waals surface area contributed by atoms with Crippen LogP contribution in [-0.4, -0.2) is 24.1 Å². The fourth-order valence-electron chi connectivity index (χ4n) is 9.51. The minimum atomic E-state index is 0.568. The van der Waals surface area contributed by atoms with Gasteiger partial charge in [-0.3, -0.25) is 0 Å². The van der Waals surface area contributed by atoms with Crippen molar-refractivity contribution in [2.75, 3.05) is 0 Å². The molecule has 0 radical (unpaired) electrons. The van der Waals surface area contributed by atoms with E-state index in [-0.39, 0.29) is 0 Å². The van der Waals surface area contributed by atoms with Crippen molar-refractivity contribution in [3.8, 4) is 56.7 Å². The van der Waals surface area contributed by atoms with E-state index < -0.39 is 0 Å². The van der Waals surface area contributed by atoms with Gasteiger partial charge < -0.3 is 13.6 Å². The third-order valence-corrected chi connectivity index (χ3v) is 12.3. The van der Waals surface area contributed by atoms with E-state index in [4.69, 9.17) is 19.4 Å². The summed E-state index contributed by atoms with van der Waals surface area (Å²) in [5, 5.41) is 6.93. The van der Waals surface area contributed by atoms with E-state index in [1.54, 1.807) is 0 Å². The Morgan fingerprint density at radius 3 is 1.51 bits per heavy atom. The number of para-hydroxylation sites is 5. The fraction of sp³-hybridized carbons (Fsp3) is 0. The Labute approximate surface area is 361 Å². The topological polar surface area (TPSA) is 61.7 Å². The molecule has 6 heteroatoms. The number of nitrogens with zero attached hydrogens (tertiary/aromatic N) is 5. The molecule has 13 aromatic rings. The van der Waals surface area contributed by atoms with E-state index in [1.165, 1.54) is 21.5 Å². The first kappa shape index (κ1) is 35.2. The quantitative estimate of drug-likeness (QED) is 0.168. The van der Waals surface area contributed by atoms with Crippen LogP contribution in [0.15, 0.2) is 217 Å².